The van der Waals surface area contributed by atoms with Crippen molar-refractivity contribution in [3.05, 3.63) is 162 Å². The molecule has 0 amide bonds. The lowest BCUT2D eigenvalue weighted by Crippen LogP contribution is -2.20. The average molecular weight is 716 g/mol. The Bertz CT molecular complexity index is 2910. The van der Waals surface area contributed by atoms with E-state index in [0.717, 1.165) is 34.2 Å². The Morgan fingerprint density at radius 1 is 0.436 bits per heavy atom. The maximum atomic E-state index is 6.92. The Balaban J connectivity index is 1.27. The van der Waals surface area contributed by atoms with Crippen LogP contribution in [0.1, 0.15) is 76.0 Å². The highest BCUT2D eigenvalue weighted by Crippen LogP contribution is 2.55. The average Bonchev–Trinajstić information content (AvgIpc) is 3.72. The molecule has 0 fully saturated rings. The van der Waals surface area contributed by atoms with Crippen LogP contribution < -0.4 is 9.64 Å². The standard InChI is InChI=1S/C51H45N3O/c1-31(2)34-28-40(32(3)4)50(41(29-34)33(5)6)54-44-22-14-15-23-47(44)55-48-30-36(24-26-45(48)54)53-42-20-12-10-18-37(42)38-25-27-46-49(51(38)53)39-19-11-13-21-43(39)52(46)35-16-8-7-9-17-35/h7-33H,1-6H3. The van der Waals surface area contributed by atoms with Gasteiger partial charge in [0, 0.05) is 33.3 Å². The van der Waals surface area contributed by atoms with Gasteiger partial charge in [-0.25, -0.2) is 0 Å². The Morgan fingerprint density at radius 2 is 1.05 bits per heavy atom. The summed E-state index contributed by atoms with van der Waals surface area (Å²) in [7, 11) is 0. The van der Waals surface area contributed by atoms with Crippen LogP contribution in [0.3, 0.4) is 0 Å². The summed E-state index contributed by atoms with van der Waals surface area (Å²) in [4.78, 5) is 2.48. The fourth-order valence-electron chi connectivity index (χ4n) is 8.93. The van der Waals surface area contributed by atoms with E-state index in [-0.39, 0.29) is 0 Å². The topological polar surface area (TPSA) is 22.3 Å². The fraction of sp³-hybridized carbons (Fsp3) is 0.176. The highest BCUT2D eigenvalue weighted by atomic mass is 16.5. The van der Waals surface area contributed by atoms with Gasteiger partial charge in [-0.1, -0.05) is 126 Å². The number of anilines is 3. The van der Waals surface area contributed by atoms with Gasteiger partial charge in [0.15, 0.2) is 11.5 Å². The van der Waals surface area contributed by atoms with Crippen molar-refractivity contribution in [3.8, 4) is 22.9 Å². The Kier molecular flexibility index (Phi) is 7.67. The highest BCUT2D eigenvalue weighted by molar-refractivity contribution is 6.26. The van der Waals surface area contributed by atoms with Crippen molar-refractivity contribution in [1.82, 2.24) is 9.13 Å². The molecule has 55 heavy (non-hydrogen) atoms. The molecule has 4 heteroatoms. The zero-order valence-corrected chi connectivity index (χ0v) is 32.3. The van der Waals surface area contributed by atoms with Crippen molar-refractivity contribution < 1.29 is 4.74 Å². The summed E-state index contributed by atoms with van der Waals surface area (Å²) >= 11 is 0. The Hall–Kier alpha value is -6.26. The lowest BCUT2D eigenvalue weighted by Gasteiger charge is -2.37. The van der Waals surface area contributed by atoms with Crippen molar-refractivity contribution in [2.45, 2.75) is 59.3 Å². The number of hydrogen-bond donors (Lipinski definition) is 0. The van der Waals surface area contributed by atoms with Crippen LogP contribution in [0.5, 0.6) is 11.5 Å². The van der Waals surface area contributed by atoms with Crippen LogP contribution in [-0.2, 0) is 0 Å². The maximum Gasteiger partial charge on any atom is 0.153 e. The number of ether oxygens (including phenoxy) is 1. The molecule has 3 heterocycles. The van der Waals surface area contributed by atoms with Gasteiger partial charge in [-0.15, -0.1) is 0 Å². The molecule has 0 unspecified atom stereocenters. The van der Waals surface area contributed by atoms with E-state index in [1.807, 2.05) is 0 Å². The minimum absolute atomic E-state index is 0.335. The molecule has 1 aliphatic heterocycles. The summed E-state index contributed by atoms with van der Waals surface area (Å²) in [5.41, 5.74) is 14.5. The van der Waals surface area contributed by atoms with Gasteiger partial charge in [0.25, 0.3) is 0 Å². The molecular weight excluding hydrogens is 671 g/mol. The van der Waals surface area contributed by atoms with Crippen LogP contribution in [0, 0.1) is 0 Å². The van der Waals surface area contributed by atoms with Crippen LogP contribution in [0.25, 0.3) is 55.0 Å². The van der Waals surface area contributed by atoms with Gasteiger partial charge in [-0.05, 0) is 89.0 Å². The predicted octanol–water partition coefficient (Wildman–Crippen LogP) is 14.8. The van der Waals surface area contributed by atoms with E-state index in [1.165, 1.54) is 66.0 Å². The predicted molar refractivity (Wildman–Crippen MR) is 232 cm³/mol. The van der Waals surface area contributed by atoms with Gasteiger partial charge in [0.1, 0.15) is 0 Å². The number of rotatable bonds is 6. The summed E-state index contributed by atoms with van der Waals surface area (Å²) in [6.07, 6.45) is 0. The van der Waals surface area contributed by atoms with Gasteiger partial charge >= 0.3 is 0 Å². The van der Waals surface area contributed by atoms with E-state index in [9.17, 15) is 0 Å². The summed E-state index contributed by atoms with van der Waals surface area (Å²) in [5, 5.41) is 4.94. The van der Waals surface area contributed by atoms with Gasteiger partial charge in [0.2, 0.25) is 0 Å². The second kappa shape index (κ2) is 12.7. The van der Waals surface area contributed by atoms with Crippen LogP contribution in [-0.4, -0.2) is 9.13 Å². The van der Waals surface area contributed by atoms with E-state index >= 15 is 0 Å². The molecule has 0 radical (unpaired) electrons. The number of benzene rings is 7. The zero-order valence-electron chi connectivity index (χ0n) is 32.3. The molecule has 0 saturated heterocycles. The molecule has 0 atom stereocenters. The van der Waals surface area contributed by atoms with E-state index in [2.05, 4.69) is 201 Å². The number of para-hydroxylation sites is 5. The van der Waals surface area contributed by atoms with Gasteiger partial charge in [0.05, 0.1) is 44.8 Å². The van der Waals surface area contributed by atoms with Crippen LogP contribution >= 0.6 is 0 Å². The van der Waals surface area contributed by atoms with Crippen molar-refractivity contribution in [2.75, 3.05) is 4.90 Å². The minimum atomic E-state index is 0.335. The minimum Gasteiger partial charge on any atom is -0.453 e. The summed E-state index contributed by atoms with van der Waals surface area (Å²) in [6.45, 7) is 13.9. The molecule has 0 aliphatic carbocycles. The highest BCUT2D eigenvalue weighted by Gasteiger charge is 2.32. The van der Waals surface area contributed by atoms with E-state index in [0.29, 0.717) is 17.8 Å². The van der Waals surface area contributed by atoms with Crippen LogP contribution in [0.2, 0.25) is 0 Å². The summed E-state index contributed by atoms with van der Waals surface area (Å²) in [5.74, 6) is 2.82. The first-order chi connectivity index (χ1) is 26.8. The monoisotopic (exact) mass is 715 g/mol. The maximum absolute atomic E-state index is 6.92. The smallest absolute Gasteiger partial charge is 0.153 e. The third-order valence-corrected chi connectivity index (χ3v) is 11.6. The normalized spacial score (nSPS) is 12.8. The molecule has 4 nitrogen and oxygen atoms in total. The number of hydrogen-bond acceptors (Lipinski definition) is 2. The van der Waals surface area contributed by atoms with Crippen molar-refractivity contribution >= 4 is 60.7 Å². The first-order valence-corrected chi connectivity index (χ1v) is 19.7. The third kappa shape index (κ3) is 5.04. The molecule has 0 N–H and O–H groups in total. The second-order valence-electron chi connectivity index (χ2n) is 16.0. The summed E-state index contributed by atoms with van der Waals surface area (Å²) < 4.78 is 11.8. The van der Waals surface area contributed by atoms with E-state index in [1.54, 1.807) is 0 Å². The number of aromatic nitrogens is 2. The van der Waals surface area contributed by atoms with Gasteiger partial charge in [-0.3, -0.25) is 0 Å². The molecule has 270 valence electrons. The third-order valence-electron chi connectivity index (χ3n) is 11.6. The molecule has 0 saturated carbocycles. The largest absolute Gasteiger partial charge is 0.453 e. The van der Waals surface area contributed by atoms with Crippen LogP contribution in [0.4, 0.5) is 17.1 Å². The lowest BCUT2D eigenvalue weighted by atomic mass is 9.86. The molecule has 10 rings (SSSR count). The summed E-state index contributed by atoms with van der Waals surface area (Å²) in [6, 6.07) is 53.1. The molecular formula is C51H45N3O. The molecule has 0 bridgehead atoms. The van der Waals surface area contributed by atoms with Gasteiger partial charge < -0.3 is 18.8 Å². The molecule has 7 aromatic carbocycles. The Labute approximate surface area is 322 Å². The second-order valence-corrected chi connectivity index (χ2v) is 16.0. The quantitative estimate of drug-likeness (QED) is 0.171. The van der Waals surface area contributed by atoms with Gasteiger partial charge in [-0.2, -0.15) is 0 Å². The SMILES string of the molecule is CC(C)c1cc(C(C)C)c(N2c3ccccc3Oc3cc(-n4c5ccccc5c5ccc6c(c7ccccc7n6-c6ccccc6)c54)ccc32)c(C(C)C)c1. The van der Waals surface area contributed by atoms with Crippen molar-refractivity contribution in [3.63, 3.8) is 0 Å². The first kappa shape index (κ1) is 33.3. The molecule has 0 spiro atoms. The molecule has 2 aromatic heterocycles. The molecule has 1 aliphatic rings. The first-order valence-electron chi connectivity index (χ1n) is 19.7. The van der Waals surface area contributed by atoms with Crippen molar-refractivity contribution in [2.24, 2.45) is 0 Å². The number of fused-ring (bicyclic) bond motifs is 9. The Morgan fingerprint density at radius 3 is 1.76 bits per heavy atom. The lowest BCUT2D eigenvalue weighted by molar-refractivity contribution is 0.476. The molecule has 9 aromatic rings. The zero-order chi connectivity index (χ0) is 37.5. The fourth-order valence-corrected chi connectivity index (χ4v) is 8.93. The van der Waals surface area contributed by atoms with E-state index < -0.39 is 0 Å². The number of nitrogens with zero attached hydrogens (tertiary/aromatic N) is 3. The van der Waals surface area contributed by atoms with Crippen molar-refractivity contribution in [1.29, 1.82) is 0 Å². The van der Waals surface area contributed by atoms with Crippen LogP contribution in [0.15, 0.2) is 146 Å². The van der Waals surface area contributed by atoms with E-state index in [4.69, 9.17) is 4.74 Å².